The van der Waals surface area contributed by atoms with Gasteiger partial charge < -0.3 is 5.32 Å². The summed E-state index contributed by atoms with van der Waals surface area (Å²) in [6, 6.07) is 15.6. The van der Waals surface area contributed by atoms with E-state index in [1.54, 1.807) is 0 Å². The zero-order valence-corrected chi connectivity index (χ0v) is 14.0. The standard InChI is InChI=1S/C18H22BrN/c1-4-14-7-6-8-15(12-14)18(20-5-2)16-11-13(3)9-10-17(16)19/h6-12,18,20H,4-5H2,1-3H3. The third-order valence-corrected chi connectivity index (χ3v) is 4.29. The van der Waals surface area contributed by atoms with Crippen LogP contribution in [0.3, 0.4) is 0 Å². The molecule has 0 radical (unpaired) electrons. The topological polar surface area (TPSA) is 12.0 Å². The van der Waals surface area contributed by atoms with Crippen molar-refractivity contribution in [2.45, 2.75) is 33.2 Å². The Hall–Kier alpha value is -1.12. The minimum Gasteiger partial charge on any atom is -0.306 e. The second-order valence-corrected chi connectivity index (χ2v) is 5.97. The van der Waals surface area contributed by atoms with E-state index in [2.05, 4.69) is 84.5 Å². The molecule has 0 saturated heterocycles. The molecule has 0 aliphatic rings. The Balaban J connectivity index is 2.46. The van der Waals surface area contributed by atoms with E-state index in [1.165, 1.54) is 22.3 Å². The SMILES string of the molecule is CCNC(c1cccc(CC)c1)c1cc(C)ccc1Br. The molecule has 0 spiro atoms. The molecule has 1 atom stereocenters. The van der Waals surface area contributed by atoms with Crippen LogP contribution in [-0.4, -0.2) is 6.54 Å². The molecule has 2 rings (SSSR count). The van der Waals surface area contributed by atoms with Crippen molar-refractivity contribution in [2.24, 2.45) is 0 Å². The lowest BCUT2D eigenvalue weighted by Crippen LogP contribution is -2.22. The largest absolute Gasteiger partial charge is 0.306 e. The second-order valence-electron chi connectivity index (χ2n) is 5.11. The van der Waals surface area contributed by atoms with Crippen LogP contribution in [0.2, 0.25) is 0 Å². The molecule has 0 bridgehead atoms. The Morgan fingerprint density at radius 1 is 1.10 bits per heavy atom. The molecule has 106 valence electrons. The van der Waals surface area contributed by atoms with Crippen LogP contribution in [0.25, 0.3) is 0 Å². The van der Waals surface area contributed by atoms with E-state index in [4.69, 9.17) is 0 Å². The first-order valence-corrected chi connectivity index (χ1v) is 8.03. The number of hydrogen-bond donors (Lipinski definition) is 1. The van der Waals surface area contributed by atoms with Crippen molar-refractivity contribution in [1.29, 1.82) is 0 Å². The number of nitrogens with one attached hydrogen (secondary N) is 1. The van der Waals surface area contributed by atoms with Crippen molar-refractivity contribution in [1.82, 2.24) is 5.32 Å². The minimum absolute atomic E-state index is 0.237. The molecule has 1 unspecified atom stereocenters. The zero-order chi connectivity index (χ0) is 14.5. The summed E-state index contributed by atoms with van der Waals surface area (Å²) in [5.74, 6) is 0. The molecule has 2 aromatic carbocycles. The lowest BCUT2D eigenvalue weighted by Gasteiger charge is -2.21. The fraction of sp³-hybridized carbons (Fsp3) is 0.333. The molecule has 0 heterocycles. The average molecular weight is 332 g/mol. The third kappa shape index (κ3) is 3.50. The van der Waals surface area contributed by atoms with Crippen LogP contribution in [-0.2, 0) is 6.42 Å². The fourth-order valence-corrected chi connectivity index (χ4v) is 2.96. The van der Waals surface area contributed by atoms with Crippen LogP contribution < -0.4 is 5.32 Å². The van der Waals surface area contributed by atoms with Crippen molar-refractivity contribution in [3.05, 3.63) is 69.2 Å². The number of halogens is 1. The zero-order valence-electron chi connectivity index (χ0n) is 12.4. The van der Waals surface area contributed by atoms with E-state index in [0.717, 1.165) is 17.4 Å². The maximum Gasteiger partial charge on any atom is 0.0587 e. The van der Waals surface area contributed by atoms with Gasteiger partial charge in [-0.05, 0) is 42.6 Å². The highest BCUT2D eigenvalue weighted by Gasteiger charge is 2.16. The molecular formula is C18H22BrN. The van der Waals surface area contributed by atoms with E-state index in [1.807, 2.05) is 0 Å². The van der Waals surface area contributed by atoms with Gasteiger partial charge in [-0.15, -0.1) is 0 Å². The predicted molar refractivity (Wildman–Crippen MR) is 90.2 cm³/mol. The lowest BCUT2D eigenvalue weighted by molar-refractivity contribution is 0.627. The molecular weight excluding hydrogens is 310 g/mol. The number of rotatable bonds is 5. The monoisotopic (exact) mass is 331 g/mol. The summed E-state index contributed by atoms with van der Waals surface area (Å²) in [5, 5.41) is 3.60. The Morgan fingerprint density at radius 2 is 1.90 bits per heavy atom. The van der Waals surface area contributed by atoms with Crippen LogP contribution in [0.5, 0.6) is 0 Å². The predicted octanol–water partition coefficient (Wildman–Crippen LogP) is 5.02. The van der Waals surface area contributed by atoms with Gasteiger partial charge in [-0.25, -0.2) is 0 Å². The van der Waals surface area contributed by atoms with Gasteiger partial charge in [-0.3, -0.25) is 0 Å². The van der Waals surface area contributed by atoms with Crippen molar-refractivity contribution < 1.29 is 0 Å². The maximum atomic E-state index is 3.69. The van der Waals surface area contributed by atoms with E-state index in [9.17, 15) is 0 Å². The molecule has 2 aromatic rings. The van der Waals surface area contributed by atoms with Gasteiger partial charge in [0.15, 0.2) is 0 Å². The Kier molecular flexibility index (Phi) is 5.38. The van der Waals surface area contributed by atoms with E-state index >= 15 is 0 Å². The molecule has 0 saturated carbocycles. The minimum atomic E-state index is 0.237. The number of aryl methyl sites for hydroxylation is 2. The van der Waals surface area contributed by atoms with E-state index in [-0.39, 0.29) is 6.04 Å². The molecule has 1 nitrogen and oxygen atoms in total. The molecule has 0 aliphatic carbocycles. The molecule has 0 aliphatic heterocycles. The molecule has 2 heteroatoms. The normalized spacial score (nSPS) is 12.4. The third-order valence-electron chi connectivity index (χ3n) is 3.56. The Bertz CT molecular complexity index is 577. The van der Waals surface area contributed by atoms with Crippen LogP contribution >= 0.6 is 15.9 Å². The summed E-state index contributed by atoms with van der Waals surface area (Å²) in [7, 11) is 0. The highest BCUT2D eigenvalue weighted by atomic mass is 79.9. The van der Waals surface area contributed by atoms with E-state index in [0.29, 0.717) is 0 Å². The summed E-state index contributed by atoms with van der Waals surface area (Å²) in [4.78, 5) is 0. The summed E-state index contributed by atoms with van der Waals surface area (Å²) in [5.41, 5.74) is 5.31. The fourth-order valence-electron chi connectivity index (χ4n) is 2.49. The van der Waals surface area contributed by atoms with Gasteiger partial charge in [-0.1, -0.05) is 71.7 Å². The highest BCUT2D eigenvalue weighted by molar-refractivity contribution is 9.10. The molecule has 0 fully saturated rings. The molecule has 0 amide bonds. The summed E-state index contributed by atoms with van der Waals surface area (Å²) < 4.78 is 1.16. The van der Waals surface area contributed by atoms with Crippen LogP contribution in [0.1, 0.15) is 42.1 Å². The quantitative estimate of drug-likeness (QED) is 0.811. The van der Waals surface area contributed by atoms with Crippen molar-refractivity contribution in [2.75, 3.05) is 6.54 Å². The van der Waals surface area contributed by atoms with Gasteiger partial charge in [-0.2, -0.15) is 0 Å². The van der Waals surface area contributed by atoms with Gasteiger partial charge in [0.2, 0.25) is 0 Å². The van der Waals surface area contributed by atoms with Gasteiger partial charge in [0, 0.05) is 4.47 Å². The van der Waals surface area contributed by atoms with E-state index < -0.39 is 0 Å². The van der Waals surface area contributed by atoms with Gasteiger partial charge in [0.05, 0.1) is 6.04 Å². The van der Waals surface area contributed by atoms with Crippen LogP contribution in [0.15, 0.2) is 46.9 Å². The highest BCUT2D eigenvalue weighted by Crippen LogP contribution is 2.30. The summed E-state index contributed by atoms with van der Waals surface area (Å²) in [6.45, 7) is 7.44. The summed E-state index contributed by atoms with van der Waals surface area (Å²) >= 11 is 3.69. The van der Waals surface area contributed by atoms with Crippen molar-refractivity contribution in [3.63, 3.8) is 0 Å². The second kappa shape index (κ2) is 7.05. The average Bonchev–Trinajstić information content (AvgIpc) is 2.47. The smallest absolute Gasteiger partial charge is 0.0587 e. The molecule has 20 heavy (non-hydrogen) atoms. The van der Waals surface area contributed by atoms with Gasteiger partial charge in [0.1, 0.15) is 0 Å². The number of hydrogen-bond acceptors (Lipinski definition) is 1. The first-order valence-electron chi connectivity index (χ1n) is 7.24. The summed E-state index contributed by atoms with van der Waals surface area (Å²) in [6.07, 6.45) is 1.07. The van der Waals surface area contributed by atoms with Crippen molar-refractivity contribution >= 4 is 15.9 Å². The first-order chi connectivity index (χ1) is 9.65. The molecule has 0 aromatic heterocycles. The Labute approximate surface area is 130 Å². The molecule has 1 N–H and O–H groups in total. The lowest BCUT2D eigenvalue weighted by atomic mass is 9.95. The van der Waals surface area contributed by atoms with Crippen LogP contribution in [0, 0.1) is 6.92 Å². The van der Waals surface area contributed by atoms with Crippen LogP contribution in [0.4, 0.5) is 0 Å². The number of benzene rings is 2. The van der Waals surface area contributed by atoms with Crippen molar-refractivity contribution in [3.8, 4) is 0 Å². The van der Waals surface area contributed by atoms with Gasteiger partial charge in [0.25, 0.3) is 0 Å². The Morgan fingerprint density at radius 3 is 2.60 bits per heavy atom. The van der Waals surface area contributed by atoms with Gasteiger partial charge >= 0.3 is 0 Å². The maximum absolute atomic E-state index is 3.69. The first kappa shape index (κ1) is 15.3.